The number of carbonyl (C=O) groups is 3. The van der Waals surface area contributed by atoms with Crippen LogP contribution in [0.2, 0.25) is 0 Å². The molecular weight excluding hydrogens is 382 g/mol. The van der Waals surface area contributed by atoms with E-state index in [2.05, 4.69) is 0 Å². The highest BCUT2D eigenvalue weighted by atomic mass is 16.5. The molecule has 6 rings (SSSR count). The Morgan fingerprint density at radius 1 is 1.03 bits per heavy atom. The molecule has 0 N–H and O–H groups in total. The van der Waals surface area contributed by atoms with Crippen LogP contribution in [0.5, 0.6) is 5.75 Å². The summed E-state index contributed by atoms with van der Waals surface area (Å²) in [5, 5.41) is 0. The largest absolute Gasteiger partial charge is 0.497 e. The maximum atomic E-state index is 13.1. The van der Waals surface area contributed by atoms with E-state index < -0.39 is 11.9 Å². The van der Waals surface area contributed by atoms with Crippen LogP contribution in [0.25, 0.3) is 0 Å². The van der Waals surface area contributed by atoms with E-state index in [1.54, 1.807) is 36.3 Å². The van der Waals surface area contributed by atoms with Gasteiger partial charge in [-0.25, -0.2) is 0 Å². The highest BCUT2D eigenvalue weighted by molar-refractivity contribution is 5.99. The lowest BCUT2D eigenvalue weighted by molar-refractivity contribution is -0.160. The molecule has 5 aliphatic rings. The van der Waals surface area contributed by atoms with Crippen molar-refractivity contribution >= 4 is 23.3 Å². The number of amides is 1. The summed E-state index contributed by atoms with van der Waals surface area (Å²) in [6, 6.07) is 7.19. The first-order chi connectivity index (χ1) is 14.5. The molecule has 30 heavy (non-hydrogen) atoms. The highest BCUT2D eigenvalue weighted by Crippen LogP contribution is 2.60. The predicted molar refractivity (Wildman–Crippen MR) is 110 cm³/mol. The average Bonchev–Trinajstić information content (AvgIpc) is 3.12. The first-order valence-corrected chi connectivity index (χ1v) is 11.1. The van der Waals surface area contributed by atoms with Crippen LogP contribution in [0.3, 0.4) is 0 Å². The van der Waals surface area contributed by atoms with Gasteiger partial charge in [0.05, 0.1) is 13.0 Å². The van der Waals surface area contributed by atoms with E-state index in [0.717, 1.165) is 24.9 Å². The van der Waals surface area contributed by atoms with Crippen molar-refractivity contribution in [1.29, 1.82) is 0 Å². The van der Waals surface area contributed by atoms with Gasteiger partial charge in [-0.2, -0.15) is 0 Å². The molecule has 6 nitrogen and oxygen atoms in total. The summed E-state index contributed by atoms with van der Waals surface area (Å²) in [6.07, 6.45) is 6.87. The molecule has 1 saturated heterocycles. The van der Waals surface area contributed by atoms with Gasteiger partial charge in [-0.15, -0.1) is 0 Å². The van der Waals surface area contributed by atoms with E-state index in [0.29, 0.717) is 23.5 Å². The number of carbonyl (C=O) groups excluding carboxylic acids is 3. The Hall–Kier alpha value is -2.37. The molecule has 4 bridgehead atoms. The van der Waals surface area contributed by atoms with Crippen LogP contribution in [0, 0.1) is 29.1 Å². The number of nitrogens with zero attached hydrogens (tertiary/aromatic N) is 1. The molecule has 4 aliphatic carbocycles. The summed E-state index contributed by atoms with van der Waals surface area (Å²) in [5.41, 5.74) is 0.482. The number of hydrogen-bond acceptors (Lipinski definition) is 5. The van der Waals surface area contributed by atoms with Crippen LogP contribution in [0.1, 0.15) is 44.9 Å². The Morgan fingerprint density at radius 3 is 2.20 bits per heavy atom. The van der Waals surface area contributed by atoms with Crippen LogP contribution in [0.4, 0.5) is 5.69 Å². The van der Waals surface area contributed by atoms with Crippen molar-refractivity contribution in [2.45, 2.75) is 44.9 Å². The van der Waals surface area contributed by atoms with Crippen LogP contribution >= 0.6 is 0 Å². The lowest BCUT2D eigenvalue weighted by Gasteiger charge is -2.55. The van der Waals surface area contributed by atoms with Gasteiger partial charge >= 0.3 is 5.97 Å². The molecule has 160 valence electrons. The highest BCUT2D eigenvalue weighted by Gasteiger charge is 2.54. The Kier molecular flexibility index (Phi) is 4.83. The Labute approximate surface area is 176 Å². The Balaban J connectivity index is 1.18. The fraction of sp³-hybridized carbons (Fsp3) is 0.625. The van der Waals surface area contributed by atoms with Crippen LogP contribution in [0.15, 0.2) is 24.3 Å². The number of ketones is 1. The number of methoxy groups -OCH3 is 1. The molecule has 0 aromatic heterocycles. The summed E-state index contributed by atoms with van der Waals surface area (Å²) >= 11 is 0. The van der Waals surface area contributed by atoms with Crippen molar-refractivity contribution in [3.63, 3.8) is 0 Å². The minimum Gasteiger partial charge on any atom is -0.497 e. The number of ether oxygens (including phenoxy) is 2. The zero-order chi connectivity index (χ0) is 20.9. The predicted octanol–water partition coefficient (Wildman–Crippen LogP) is 3.38. The zero-order valence-corrected chi connectivity index (χ0v) is 17.5. The van der Waals surface area contributed by atoms with Crippen molar-refractivity contribution in [1.82, 2.24) is 0 Å². The van der Waals surface area contributed by atoms with E-state index >= 15 is 0 Å². The molecule has 1 atom stereocenters. The topological polar surface area (TPSA) is 72.9 Å². The molecule has 0 radical (unpaired) electrons. The molecule has 1 aromatic carbocycles. The first kappa shape index (κ1) is 19.6. The normalized spacial score (nSPS) is 34.3. The van der Waals surface area contributed by atoms with Crippen LogP contribution in [-0.2, 0) is 19.1 Å². The van der Waals surface area contributed by atoms with E-state index in [-0.39, 0.29) is 36.7 Å². The van der Waals surface area contributed by atoms with Gasteiger partial charge in [0, 0.05) is 24.1 Å². The van der Waals surface area contributed by atoms with Crippen molar-refractivity contribution in [3.05, 3.63) is 24.3 Å². The van der Waals surface area contributed by atoms with E-state index in [1.807, 2.05) is 0 Å². The third-order valence-electron chi connectivity index (χ3n) is 7.82. The molecule has 1 amide bonds. The van der Waals surface area contributed by atoms with E-state index in [4.69, 9.17) is 9.47 Å². The van der Waals surface area contributed by atoms with Crippen LogP contribution < -0.4 is 9.64 Å². The monoisotopic (exact) mass is 411 g/mol. The van der Waals surface area contributed by atoms with Crippen molar-refractivity contribution in [2.24, 2.45) is 29.1 Å². The average molecular weight is 411 g/mol. The van der Waals surface area contributed by atoms with Gasteiger partial charge in [0.25, 0.3) is 0 Å². The van der Waals surface area contributed by atoms with Gasteiger partial charge in [-0.1, -0.05) is 0 Å². The molecular formula is C24H29NO5. The number of esters is 1. The van der Waals surface area contributed by atoms with E-state index in [1.165, 1.54) is 19.3 Å². The smallest absolute Gasteiger partial charge is 0.311 e. The Morgan fingerprint density at radius 2 is 1.63 bits per heavy atom. The molecule has 5 fully saturated rings. The standard InChI is InChI=1S/C24H29NO5/c1-29-20-4-2-19(3-5-20)25-13-18(9-22(25)27)23(28)30-14-21(26)24-10-15-6-16(11-24)8-17(7-15)12-24/h2-5,15-18H,6-14H2,1H3/t15?,16?,17?,18-,24?/m1/s1. The maximum absolute atomic E-state index is 13.1. The molecule has 1 aromatic rings. The number of Topliss-reactive ketones (excluding diaryl/α,β-unsaturated/α-hetero) is 1. The van der Waals surface area contributed by atoms with Crippen molar-refractivity contribution in [2.75, 3.05) is 25.2 Å². The first-order valence-electron chi connectivity index (χ1n) is 11.1. The number of anilines is 1. The Bertz CT molecular complexity index is 826. The molecule has 0 spiro atoms. The second kappa shape index (κ2) is 7.40. The molecule has 4 saturated carbocycles. The van der Waals surface area contributed by atoms with Gasteiger partial charge in [-0.05, 0) is 80.5 Å². The summed E-state index contributed by atoms with van der Waals surface area (Å²) in [7, 11) is 1.59. The van der Waals surface area contributed by atoms with Crippen LogP contribution in [-0.4, -0.2) is 37.9 Å². The SMILES string of the molecule is COc1ccc(N2C[C@H](C(=O)OCC(=O)C34CC5CC(CC(C5)C3)C4)CC2=O)cc1. The van der Waals surface area contributed by atoms with Gasteiger partial charge in [0.2, 0.25) is 5.91 Å². The molecule has 1 aliphatic heterocycles. The summed E-state index contributed by atoms with van der Waals surface area (Å²) in [6.45, 7) is 0.147. The second-order valence-corrected chi connectivity index (χ2v) is 9.83. The number of benzene rings is 1. The van der Waals surface area contributed by atoms with Gasteiger partial charge < -0.3 is 14.4 Å². The number of rotatable bonds is 6. The lowest BCUT2D eigenvalue weighted by Crippen LogP contribution is -2.51. The van der Waals surface area contributed by atoms with Gasteiger partial charge in [-0.3, -0.25) is 14.4 Å². The lowest BCUT2D eigenvalue weighted by atomic mass is 9.48. The molecule has 0 unspecified atom stereocenters. The quantitative estimate of drug-likeness (QED) is 0.671. The van der Waals surface area contributed by atoms with Crippen molar-refractivity contribution in [3.8, 4) is 5.75 Å². The van der Waals surface area contributed by atoms with Gasteiger partial charge in [0.15, 0.2) is 12.4 Å². The molecule has 6 heteroatoms. The fourth-order valence-corrected chi connectivity index (χ4v) is 6.74. The minimum atomic E-state index is -0.524. The van der Waals surface area contributed by atoms with Crippen molar-refractivity contribution < 1.29 is 23.9 Å². The number of hydrogen-bond donors (Lipinski definition) is 0. The summed E-state index contributed by atoms with van der Waals surface area (Å²) in [4.78, 5) is 39.7. The summed E-state index contributed by atoms with van der Waals surface area (Å²) in [5.74, 6) is 1.80. The zero-order valence-electron chi connectivity index (χ0n) is 17.5. The van der Waals surface area contributed by atoms with Gasteiger partial charge in [0.1, 0.15) is 5.75 Å². The summed E-state index contributed by atoms with van der Waals surface area (Å²) < 4.78 is 10.6. The maximum Gasteiger partial charge on any atom is 0.311 e. The third kappa shape index (κ3) is 3.40. The van der Waals surface area contributed by atoms with E-state index in [9.17, 15) is 14.4 Å². The fourth-order valence-electron chi connectivity index (χ4n) is 6.74. The third-order valence-corrected chi connectivity index (χ3v) is 7.82. The molecule has 1 heterocycles. The second-order valence-electron chi connectivity index (χ2n) is 9.83. The minimum absolute atomic E-state index is 0.102.